The number of rotatable bonds is 7. The summed E-state index contributed by atoms with van der Waals surface area (Å²) in [6.45, 7) is 3.25. The smallest absolute Gasteiger partial charge is 0.315 e. The van der Waals surface area contributed by atoms with Gasteiger partial charge in [-0.3, -0.25) is 4.98 Å². The van der Waals surface area contributed by atoms with Gasteiger partial charge in [-0.25, -0.2) is 4.79 Å². The second-order valence-electron chi connectivity index (χ2n) is 6.96. The van der Waals surface area contributed by atoms with Gasteiger partial charge in [0.25, 0.3) is 0 Å². The zero-order valence-corrected chi connectivity index (χ0v) is 15.5. The molecular weight excluding hydrogens is 326 g/mol. The number of carbonyl (C=O) groups is 1. The lowest BCUT2D eigenvalue weighted by Crippen LogP contribution is -2.38. The Bertz CT molecular complexity index is 732. The van der Waals surface area contributed by atoms with Crippen LogP contribution < -0.4 is 16.0 Å². The van der Waals surface area contributed by atoms with Crippen molar-refractivity contribution in [2.24, 2.45) is 0 Å². The number of nitrogens with one attached hydrogen (secondary N) is 3. The number of aromatic nitrogens is 1. The first-order valence-electron chi connectivity index (χ1n) is 9.02. The number of urea groups is 1. The molecule has 1 aromatic heterocycles. The van der Waals surface area contributed by atoms with Gasteiger partial charge in [0, 0.05) is 32.0 Å². The summed E-state index contributed by atoms with van der Waals surface area (Å²) >= 11 is 0. The lowest BCUT2D eigenvalue weighted by atomic mass is 10.1. The molecule has 2 amide bonds. The molecule has 2 heterocycles. The Morgan fingerprint density at radius 1 is 1.27 bits per heavy atom. The molecule has 1 aliphatic rings. The largest absolute Gasteiger partial charge is 0.334 e. The Morgan fingerprint density at radius 2 is 2.12 bits per heavy atom. The van der Waals surface area contributed by atoms with Crippen LogP contribution in [0.3, 0.4) is 0 Å². The van der Waals surface area contributed by atoms with Gasteiger partial charge in [0.05, 0.1) is 6.04 Å². The van der Waals surface area contributed by atoms with Crippen molar-refractivity contribution in [1.82, 2.24) is 25.8 Å². The van der Waals surface area contributed by atoms with Crippen LogP contribution in [-0.4, -0.2) is 36.6 Å². The summed E-state index contributed by atoms with van der Waals surface area (Å²) in [5.41, 5.74) is 4.81. The molecule has 0 spiro atoms. The van der Waals surface area contributed by atoms with E-state index in [0.717, 1.165) is 37.2 Å². The van der Waals surface area contributed by atoms with Crippen molar-refractivity contribution >= 4 is 6.03 Å². The highest BCUT2D eigenvalue weighted by atomic mass is 16.2. The Kier molecular flexibility index (Phi) is 6.20. The van der Waals surface area contributed by atoms with Crippen LogP contribution in [0.25, 0.3) is 0 Å². The number of amides is 2. The molecule has 138 valence electrons. The van der Waals surface area contributed by atoms with Crippen LogP contribution in [0.5, 0.6) is 0 Å². The van der Waals surface area contributed by atoms with E-state index < -0.39 is 0 Å². The molecule has 6 nitrogen and oxygen atoms in total. The molecule has 0 aliphatic carbocycles. The number of benzene rings is 1. The molecular formula is C20H27N5O. The molecule has 1 aromatic carbocycles. The minimum Gasteiger partial charge on any atom is -0.334 e. The summed E-state index contributed by atoms with van der Waals surface area (Å²) in [7, 11) is 4.06. The van der Waals surface area contributed by atoms with Gasteiger partial charge in [-0.05, 0) is 55.4 Å². The third-order valence-electron chi connectivity index (χ3n) is 4.61. The van der Waals surface area contributed by atoms with E-state index in [1.807, 2.05) is 32.4 Å². The summed E-state index contributed by atoms with van der Waals surface area (Å²) in [6, 6.07) is 10.1. The fourth-order valence-electron chi connectivity index (χ4n) is 3.14. The quantitative estimate of drug-likeness (QED) is 0.714. The zero-order chi connectivity index (χ0) is 18.4. The van der Waals surface area contributed by atoms with Gasteiger partial charge < -0.3 is 20.9 Å². The lowest BCUT2D eigenvalue weighted by molar-refractivity contribution is 0.234. The molecule has 0 saturated carbocycles. The monoisotopic (exact) mass is 353 g/mol. The number of pyridine rings is 1. The molecule has 2 aromatic rings. The van der Waals surface area contributed by atoms with Gasteiger partial charge in [0.2, 0.25) is 0 Å². The number of nitrogens with zero attached hydrogens (tertiary/aromatic N) is 2. The predicted octanol–water partition coefficient (Wildman–Crippen LogP) is 2.18. The van der Waals surface area contributed by atoms with E-state index in [2.05, 4.69) is 44.0 Å². The average Bonchev–Trinajstić information content (AvgIpc) is 3.12. The Morgan fingerprint density at radius 3 is 2.88 bits per heavy atom. The Hall–Kier alpha value is -2.44. The van der Waals surface area contributed by atoms with Gasteiger partial charge in [0.15, 0.2) is 0 Å². The minimum absolute atomic E-state index is 0.0599. The standard InChI is InChI=1S/C20H27N5O/c1-25(2)9-7-19(17-4-3-8-21-13-17)24-20(26)23-11-15-5-6-16-12-22-14-18(16)10-15/h3-6,8,10,13,19,22H,7,9,11-12,14H2,1-2H3,(H2,23,24,26). The van der Waals surface area contributed by atoms with Crippen LogP contribution in [0.1, 0.15) is 34.7 Å². The first-order chi connectivity index (χ1) is 12.6. The van der Waals surface area contributed by atoms with Crippen molar-refractivity contribution in [2.45, 2.75) is 32.1 Å². The number of fused-ring (bicyclic) bond motifs is 1. The van der Waals surface area contributed by atoms with Crippen LogP contribution in [0, 0.1) is 0 Å². The third-order valence-corrected chi connectivity index (χ3v) is 4.61. The fourth-order valence-corrected chi connectivity index (χ4v) is 3.14. The highest BCUT2D eigenvalue weighted by molar-refractivity contribution is 5.74. The summed E-state index contributed by atoms with van der Waals surface area (Å²) in [5.74, 6) is 0. The minimum atomic E-state index is -0.156. The van der Waals surface area contributed by atoms with Crippen molar-refractivity contribution in [3.8, 4) is 0 Å². The van der Waals surface area contributed by atoms with Crippen LogP contribution in [0.15, 0.2) is 42.7 Å². The van der Waals surface area contributed by atoms with Gasteiger partial charge in [-0.2, -0.15) is 0 Å². The predicted molar refractivity (Wildman–Crippen MR) is 103 cm³/mol. The zero-order valence-electron chi connectivity index (χ0n) is 15.5. The maximum absolute atomic E-state index is 12.4. The highest BCUT2D eigenvalue weighted by Crippen LogP contribution is 2.18. The number of carbonyl (C=O) groups excluding carboxylic acids is 1. The molecule has 3 rings (SSSR count). The first kappa shape index (κ1) is 18.4. The summed E-state index contributed by atoms with van der Waals surface area (Å²) < 4.78 is 0. The topological polar surface area (TPSA) is 69.3 Å². The summed E-state index contributed by atoms with van der Waals surface area (Å²) in [5, 5.41) is 9.39. The van der Waals surface area contributed by atoms with Gasteiger partial charge in [-0.1, -0.05) is 24.3 Å². The summed E-state index contributed by atoms with van der Waals surface area (Å²) in [6.07, 6.45) is 4.39. The molecule has 0 saturated heterocycles. The molecule has 26 heavy (non-hydrogen) atoms. The Balaban J connectivity index is 1.57. The van der Waals surface area contributed by atoms with Gasteiger partial charge in [0.1, 0.15) is 0 Å². The van der Waals surface area contributed by atoms with E-state index >= 15 is 0 Å². The Labute approximate surface area is 155 Å². The van der Waals surface area contributed by atoms with Crippen LogP contribution >= 0.6 is 0 Å². The SMILES string of the molecule is CN(C)CCC(NC(=O)NCc1ccc2c(c1)CNC2)c1cccnc1. The highest BCUT2D eigenvalue weighted by Gasteiger charge is 2.15. The van der Waals surface area contributed by atoms with Crippen LogP contribution in [0.2, 0.25) is 0 Å². The van der Waals surface area contributed by atoms with Crippen LogP contribution in [0.4, 0.5) is 4.79 Å². The van der Waals surface area contributed by atoms with Crippen molar-refractivity contribution in [3.63, 3.8) is 0 Å². The molecule has 0 bridgehead atoms. The number of hydrogen-bond donors (Lipinski definition) is 3. The second-order valence-corrected chi connectivity index (χ2v) is 6.96. The third kappa shape index (κ3) is 5.03. The molecule has 0 radical (unpaired) electrons. The van der Waals surface area contributed by atoms with E-state index in [4.69, 9.17) is 0 Å². The van der Waals surface area contributed by atoms with Gasteiger partial charge in [-0.15, -0.1) is 0 Å². The molecule has 1 unspecified atom stereocenters. The molecule has 3 N–H and O–H groups in total. The van der Waals surface area contributed by atoms with Crippen molar-refractivity contribution < 1.29 is 4.79 Å². The first-order valence-corrected chi connectivity index (χ1v) is 9.02. The molecule has 0 fully saturated rings. The maximum Gasteiger partial charge on any atom is 0.315 e. The second kappa shape index (κ2) is 8.78. The van der Waals surface area contributed by atoms with Crippen LogP contribution in [-0.2, 0) is 19.6 Å². The average molecular weight is 353 g/mol. The van der Waals surface area contributed by atoms with E-state index in [1.54, 1.807) is 6.20 Å². The maximum atomic E-state index is 12.4. The van der Waals surface area contributed by atoms with Crippen molar-refractivity contribution in [2.75, 3.05) is 20.6 Å². The van der Waals surface area contributed by atoms with E-state index in [0.29, 0.717) is 6.54 Å². The number of hydrogen-bond acceptors (Lipinski definition) is 4. The molecule has 1 atom stereocenters. The van der Waals surface area contributed by atoms with Crippen molar-refractivity contribution in [3.05, 3.63) is 65.0 Å². The van der Waals surface area contributed by atoms with E-state index in [1.165, 1.54) is 11.1 Å². The van der Waals surface area contributed by atoms with Gasteiger partial charge >= 0.3 is 6.03 Å². The fraction of sp³-hybridized carbons (Fsp3) is 0.400. The molecule has 6 heteroatoms. The normalized spacial score (nSPS) is 14.1. The lowest BCUT2D eigenvalue weighted by Gasteiger charge is -2.21. The van der Waals surface area contributed by atoms with E-state index in [-0.39, 0.29) is 12.1 Å². The van der Waals surface area contributed by atoms with E-state index in [9.17, 15) is 4.79 Å². The molecule has 1 aliphatic heterocycles. The van der Waals surface area contributed by atoms with Crippen molar-refractivity contribution in [1.29, 1.82) is 0 Å². The summed E-state index contributed by atoms with van der Waals surface area (Å²) in [4.78, 5) is 18.7.